The lowest BCUT2D eigenvalue weighted by atomic mass is 10.2. The van der Waals surface area contributed by atoms with Gasteiger partial charge in [-0.15, -0.1) is 11.6 Å². The third kappa shape index (κ3) is 2.13. The molecule has 1 fully saturated rings. The zero-order valence-electron chi connectivity index (χ0n) is 9.92. The summed E-state index contributed by atoms with van der Waals surface area (Å²) < 4.78 is 5.57. The van der Waals surface area contributed by atoms with Gasteiger partial charge in [-0.1, -0.05) is 12.1 Å². The number of aromatic nitrogens is 2. The van der Waals surface area contributed by atoms with Gasteiger partial charge in [-0.25, -0.2) is 9.97 Å². The molecule has 0 spiro atoms. The smallest absolute Gasteiger partial charge is 0.140 e. The van der Waals surface area contributed by atoms with Crippen LogP contribution in [0.15, 0.2) is 30.6 Å². The van der Waals surface area contributed by atoms with E-state index in [1.54, 1.807) is 6.33 Å². The molecule has 1 saturated heterocycles. The molecule has 0 N–H and O–H groups in total. The van der Waals surface area contributed by atoms with E-state index in [9.17, 15) is 0 Å². The van der Waals surface area contributed by atoms with E-state index in [0.29, 0.717) is 12.5 Å². The van der Waals surface area contributed by atoms with Crippen molar-refractivity contribution in [3.8, 4) is 0 Å². The molecule has 1 aromatic carbocycles. The Labute approximate surface area is 111 Å². The molecular formula is C13H14ClN3O. The van der Waals surface area contributed by atoms with Gasteiger partial charge >= 0.3 is 0 Å². The number of morpholine rings is 1. The maximum Gasteiger partial charge on any atom is 0.140 e. The van der Waals surface area contributed by atoms with Crippen LogP contribution in [0.25, 0.3) is 10.9 Å². The molecule has 1 aliphatic heterocycles. The quantitative estimate of drug-likeness (QED) is 0.778. The molecule has 1 aromatic heterocycles. The molecule has 18 heavy (non-hydrogen) atoms. The third-order valence-electron chi connectivity index (χ3n) is 3.13. The van der Waals surface area contributed by atoms with E-state index >= 15 is 0 Å². The predicted molar refractivity (Wildman–Crippen MR) is 72.2 cm³/mol. The largest absolute Gasteiger partial charge is 0.373 e. The standard InChI is InChI=1S/C13H14ClN3O/c14-7-10-8-17(5-6-18-10)13-11-3-1-2-4-12(11)15-9-16-13/h1-4,9-10H,5-8H2. The van der Waals surface area contributed by atoms with Gasteiger partial charge in [-0.3, -0.25) is 0 Å². The molecule has 0 bridgehead atoms. The maximum atomic E-state index is 5.87. The minimum absolute atomic E-state index is 0.0779. The van der Waals surface area contributed by atoms with Crippen molar-refractivity contribution in [2.24, 2.45) is 0 Å². The summed E-state index contributed by atoms with van der Waals surface area (Å²) in [5.74, 6) is 1.48. The predicted octanol–water partition coefficient (Wildman–Crippen LogP) is 2.07. The fourth-order valence-electron chi connectivity index (χ4n) is 2.25. The van der Waals surface area contributed by atoms with Crippen LogP contribution in [-0.2, 0) is 4.74 Å². The number of alkyl halides is 1. The van der Waals surface area contributed by atoms with Gasteiger partial charge in [-0.05, 0) is 12.1 Å². The number of nitrogens with zero attached hydrogens (tertiary/aromatic N) is 3. The van der Waals surface area contributed by atoms with E-state index in [1.807, 2.05) is 18.2 Å². The lowest BCUT2D eigenvalue weighted by Crippen LogP contribution is -2.43. The van der Waals surface area contributed by atoms with Gasteiger partial charge in [0, 0.05) is 18.5 Å². The van der Waals surface area contributed by atoms with Crippen LogP contribution < -0.4 is 4.90 Å². The van der Waals surface area contributed by atoms with Crippen molar-refractivity contribution >= 4 is 28.3 Å². The summed E-state index contributed by atoms with van der Waals surface area (Å²) in [6.45, 7) is 2.31. The van der Waals surface area contributed by atoms with Gasteiger partial charge in [0.15, 0.2) is 0 Å². The molecule has 4 nitrogen and oxygen atoms in total. The molecule has 0 radical (unpaired) electrons. The summed E-state index contributed by atoms with van der Waals surface area (Å²) in [6.07, 6.45) is 1.69. The molecule has 1 unspecified atom stereocenters. The van der Waals surface area contributed by atoms with Gasteiger partial charge in [0.1, 0.15) is 12.1 Å². The summed E-state index contributed by atoms with van der Waals surface area (Å²) >= 11 is 5.87. The first kappa shape index (κ1) is 11.7. The molecule has 2 aromatic rings. The first-order valence-corrected chi connectivity index (χ1v) is 6.54. The van der Waals surface area contributed by atoms with E-state index in [-0.39, 0.29) is 6.10 Å². The summed E-state index contributed by atoms with van der Waals surface area (Å²) in [4.78, 5) is 10.9. The van der Waals surface area contributed by atoms with Crippen LogP contribution in [0.4, 0.5) is 5.82 Å². The summed E-state index contributed by atoms with van der Waals surface area (Å²) in [6, 6.07) is 8.05. The highest BCUT2D eigenvalue weighted by molar-refractivity contribution is 6.18. The van der Waals surface area contributed by atoms with Gasteiger partial charge in [0.25, 0.3) is 0 Å². The topological polar surface area (TPSA) is 38.2 Å². The SMILES string of the molecule is ClCC1CN(c2ncnc3ccccc23)CCO1. The van der Waals surface area contributed by atoms with Crippen molar-refractivity contribution in [1.82, 2.24) is 9.97 Å². The average Bonchev–Trinajstić information content (AvgIpc) is 2.47. The second-order valence-corrected chi connectivity index (χ2v) is 4.62. The number of halogens is 1. The van der Waals surface area contributed by atoms with Gasteiger partial charge < -0.3 is 9.64 Å². The van der Waals surface area contributed by atoms with E-state index in [2.05, 4.69) is 20.9 Å². The monoisotopic (exact) mass is 263 g/mol. The van der Waals surface area contributed by atoms with Crippen LogP contribution in [0.3, 0.4) is 0 Å². The number of para-hydroxylation sites is 1. The molecule has 0 saturated carbocycles. The Bertz CT molecular complexity index is 543. The number of hydrogen-bond acceptors (Lipinski definition) is 4. The van der Waals surface area contributed by atoms with E-state index in [4.69, 9.17) is 16.3 Å². The highest BCUT2D eigenvalue weighted by Gasteiger charge is 2.22. The molecule has 5 heteroatoms. The van der Waals surface area contributed by atoms with Gasteiger partial charge in [0.2, 0.25) is 0 Å². The van der Waals surface area contributed by atoms with Crippen LogP contribution in [0.2, 0.25) is 0 Å². The van der Waals surface area contributed by atoms with Gasteiger partial charge in [-0.2, -0.15) is 0 Å². The van der Waals surface area contributed by atoms with Crippen molar-refractivity contribution in [2.45, 2.75) is 6.10 Å². The summed E-state index contributed by atoms with van der Waals surface area (Å²) in [7, 11) is 0. The molecule has 0 amide bonds. The second kappa shape index (κ2) is 5.08. The Hall–Kier alpha value is -1.39. The lowest BCUT2D eigenvalue weighted by molar-refractivity contribution is 0.0553. The first-order valence-electron chi connectivity index (χ1n) is 6.01. The number of rotatable bonds is 2. The number of hydrogen-bond donors (Lipinski definition) is 0. The Morgan fingerprint density at radius 3 is 3.11 bits per heavy atom. The van der Waals surface area contributed by atoms with Crippen LogP contribution in [-0.4, -0.2) is 41.6 Å². The Kier molecular flexibility index (Phi) is 3.30. The zero-order chi connectivity index (χ0) is 12.4. The van der Waals surface area contributed by atoms with Crippen molar-refractivity contribution in [3.63, 3.8) is 0 Å². The van der Waals surface area contributed by atoms with Crippen molar-refractivity contribution in [1.29, 1.82) is 0 Å². The van der Waals surface area contributed by atoms with Crippen LogP contribution in [0.5, 0.6) is 0 Å². The fraction of sp³-hybridized carbons (Fsp3) is 0.385. The van der Waals surface area contributed by atoms with Crippen molar-refractivity contribution in [3.05, 3.63) is 30.6 Å². The molecule has 2 heterocycles. The molecule has 94 valence electrons. The van der Waals surface area contributed by atoms with Gasteiger partial charge in [0.05, 0.1) is 24.1 Å². The normalized spacial score (nSPS) is 20.3. The molecule has 1 atom stereocenters. The number of benzene rings is 1. The van der Waals surface area contributed by atoms with Crippen molar-refractivity contribution in [2.75, 3.05) is 30.5 Å². The van der Waals surface area contributed by atoms with Crippen LogP contribution in [0, 0.1) is 0 Å². The molecule has 1 aliphatic rings. The highest BCUT2D eigenvalue weighted by Crippen LogP contribution is 2.24. The summed E-state index contributed by atoms with van der Waals surface area (Å²) in [5.41, 5.74) is 0.969. The molecule has 0 aliphatic carbocycles. The molecule has 3 rings (SSSR count). The van der Waals surface area contributed by atoms with E-state index in [0.717, 1.165) is 29.8 Å². The number of ether oxygens (including phenoxy) is 1. The summed E-state index contributed by atoms with van der Waals surface area (Å²) in [5, 5.41) is 1.08. The minimum atomic E-state index is 0.0779. The maximum absolute atomic E-state index is 5.87. The minimum Gasteiger partial charge on any atom is -0.373 e. The molecular weight excluding hydrogens is 250 g/mol. The second-order valence-electron chi connectivity index (χ2n) is 4.31. The van der Waals surface area contributed by atoms with Crippen LogP contribution >= 0.6 is 11.6 Å². The Morgan fingerprint density at radius 2 is 2.22 bits per heavy atom. The number of fused-ring (bicyclic) bond motifs is 1. The Balaban J connectivity index is 1.98. The lowest BCUT2D eigenvalue weighted by Gasteiger charge is -2.33. The average molecular weight is 264 g/mol. The van der Waals surface area contributed by atoms with Crippen LogP contribution in [0.1, 0.15) is 0 Å². The number of anilines is 1. The first-order chi connectivity index (χ1) is 8.88. The van der Waals surface area contributed by atoms with E-state index in [1.165, 1.54) is 0 Å². The third-order valence-corrected chi connectivity index (χ3v) is 3.48. The van der Waals surface area contributed by atoms with Crippen molar-refractivity contribution < 1.29 is 4.74 Å². The fourth-order valence-corrected chi connectivity index (χ4v) is 2.43. The highest BCUT2D eigenvalue weighted by atomic mass is 35.5. The Morgan fingerprint density at radius 1 is 1.33 bits per heavy atom. The zero-order valence-corrected chi connectivity index (χ0v) is 10.7. The van der Waals surface area contributed by atoms with E-state index < -0.39 is 0 Å².